The van der Waals surface area contributed by atoms with Crippen molar-refractivity contribution in [2.45, 2.75) is 30.9 Å². The zero-order chi connectivity index (χ0) is 17.2. The van der Waals surface area contributed by atoms with Crippen molar-refractivity contribution in [3.8, 4) is 0 Å². The fourth-order valence-corrected chi connectivity index (χ4v) is 4.22. The van der Waals surface area contributed by atoms with E-state index < -0.39 is 17.7 Å². The maximum Gasteiger partial charge on any atom is 0.263 e. The number of rotatable bonds is 6. The fraction of sp³-hybridized carbons (Fsp3) is 0.611. The molecule has 1 saturated carbocycles. The number of nitrogens with one attached hydrogen (secondary N) is 1. The first-order valence-electron chi connectivity index (χ1n) is 8.93. The second-order valence-electron chi connectivity index (χ2n) is 6.93. The Hall–Kier alpha value is -1.47. The molecule has 5 nitrogen and oxygen atoms in total. The lowest BCUT2D eigenvalue weighted by Gasteiger charge is -2.24. The number of halogens is 1. The van der Waals surface area contributed by atoms with Crippen molar-refractivity contribution >= 4 is 29.2 Å². The van der Waals surface area contributed by atoms with Gasteiger partial charge in [0, 0.05) is 17.4 Å². The van der Waals surface area contributed by atoms with E-state index in [1.165, 1.54) is 18.9 Å². The minimum Gasteiger partial charge on any atom is -0.493 e. The Kier molecular flexibility index (Phi) is 5.03. The van der Waals surface area contributed by atoms with Crippen molar-refractivity contribution in [3.05, 3.63) is 23.7 Å². The van der Waals surface area contributed by atoms with E-state index in [4.69, 9.17) is 4.74 Å². The van der Waals surface area contributed by atoms with Gasteiger partial charge in [-0.3, -0.25) is 4.79 Å². The third-order valence-corrected chi connectivity index (χ3v) is 6.17. The van der Waals surface area contributed by atoms with Crippen LogP contribution in [0.2, 0.25) is 0 Å². The van der Waals surface area contributed by atoms with Crippen LogP contribution >= 0.6 is 11.8 Å². The highest BCUT2D eigenvalue weighted by Crippen LogP contribution is 2.32. The quantitative estimate of drug-likeness (QED) is 0.788. The fourth-order valence-electron chi connectivity index (χ4n) is 3.14. The number of ether oxygens (including phenoxy) is 1. The molecule has 4 aliphatic rings. The van der Waals surface area contributed by atoms with Crippen LogP contribution in [0.4, 0.5) is 4.39 Å². The normalized spacial score (nSPS) is 27.1. The molecule has 1 N–H and O–H groups in total. The number of carbonyl (C=O) groups is 1. The number of piperidine rings is 1. The van der Waals surface area contributed by atoms with E-state index in [1.54, 1.807) is 17.8 Å². The van der Waals surface area contributed by atoms with Crippen molar-refractivity contribution in [1.82, 2.24) is 5.32 Å². The van der Waals surface area contributed by atoms with E-state index in [9.17, 15) is 9.18 Å². The molecule has 2 aliphatic carbocycles. The van der Waals surface area contributed by atoms with Crippen LogP contribution in [0.1, 0.15) is 25.7 Å². The van der Waals surface area contributed by atoms with Gasteiger partial charge >= 0.3 is 0 Å². The summed E-state index contributed by atoms with van der Waals surface area (Å²) in [5.41, 5.74) is 0.423. The number of nitrogens with zero attached hydrogens (tertiary/aromatic N) is 2. The van der Waals surface area contributed by atoms with E-state index in [0.29, 0.717) is 40.8 Å². The van der Waals surface area contributed by atoms with Crippen molar-refractivity contribution in [2.24, 2.45) is 21.8 Å². The molecule has 4 rings (SSSR count). The first-order chi connectivity index (χ1) is 12.2. The average molecular weight is 363 g/mol. The molecule has 1 atom stereocenters. The van der Waals surface area contributed by atoms with Gasteiger partial charge in [0.1, 0.15) is 23.3 Å². The molecule has 7 heteroatoms. The third-order valence-electron chi connectivity index (χ3n) is 4.80. The van der Waals surface area contributed by atoms with Gasteiger partial charge in [0.15, 0.2) is 0 Å². The molecule has 25 heavy (non-hydrogen) atoms. The summed E-state index contributed by atoms with van der Waals surface area (Å²) in [6.45, 7) is 2.66. The molecular weight excluding hydrogens is 341 g/mol. The predicted octanol–water partition coefficient (Wildman–Crippen LogP) is 2.65. The Morgan fingerprint density at radius 3 is 2.76 bits per heavy atom. The minimum absolute atomic E-state index is 0.423. The largest absolute Gasteiger partial charge is 0.493 e. The molecular formula is C18H22FN3O2S. The number of amides is 1. The van der Waals surface area contributed by atoms with Crippen LogP contribution in [0.3, 0.4) is 0 Å². The summed E-state index contributed by atoms with van der Waals surface area (Å²) >= 11 is 1.78. The summed E-state index contributed by atoms with van der Waals surface area (Å²) < 4.78 is 20.0. The second kappa shape index (κ2) is 7.41. The van der Waals surface area contributed by atoms with Gasteiger partial charge in [-0.25, -0.2) is 9.38 Å². The van der Waals surface area contributed by atoms with Gasteiger partial charge in [-0.1, -0.05) is 0 Å². The summed E-state index contributed by atoms with van der Waals surface area (Å²) in [7, 11) is 0. The van der Waals surface area contributed by atoms with Gasteiger partial charge in [-0.05, 0) is 44.7 Å². The lowest BCUT2D eigenvalue weighted by Crippen LogP contribution is -2.32. The summed E-state index contributed by atoms with van der Waals surface area (Å²) in [6.07, 6.45) is 7.56. The van der Waals surface area contributed by atoms with Crippen LogP contribution in [0.5, 0.6) is 0 Å². The Bertz CT molecular complexity index is 676. The maximum absolute atomic E-state index is 14.3. The summed E-state index contributed by atoms with van der Waals surface area (Å²) in [6, 6.07) is 0. The molecule has 2 fully saturated rings. The standard InChI is InChI=1S/C18H22FN3O2S/c19-14-7-12(24-9-11-1-2-11)8-15-17(14)18(23)22-16(21-15)10-25-13-3-5-20-6-4-13/h7-8,11,13,17,20H,1-6,9-10H2. The molecule has 0 aromatic heterocycles. The van der Waals surface area contributed by atoms with Gasteiger partial charge in [0.05, 0.1) is 18.1 Å². The van der Waals surface area contributed by atoms with Crippen LogP contribution in [0, 0.1) is 11.8 Å². The Morgan fingerprint density at radius 1 is 1.20 bits per heavy atom. The molecule has 1 unspecified atom stereocenters. The van der Waals surface area contributed by atoms with E-state index in [0.717, 1.165) is 25.9 Å². The van der Waals surface area contributed by atoms with Crippen LogP contribution < -0.4 is 5.32 Å². The number of hydrogen-bond donors (Lipinski definition) is 1. The molecule has 1 amide bonds. The number of allylic oxidation sites excluding steroid dienone is 2. The van der Waals surface area contributed by atoms with E-state index in [2.05, 4.69) is 15.3 Å². The first kappa shape index (κ1) is 17.0. The SMILES string of the molecule is O=C1N=C(CSC2CCNCC2)N=C2C=C(OCC3CC3)C=C(F)C12. The molecule has 0 aromatic carbocycles. The van der Waals surface area contributed by atoms with Crippen molar-refractivity contribution < 1.29 is 13.9 Å². The summed E-state index contributed by atoms with van der Waals surface area (Å²) in [4.78, 5) is 20.7. The van der Waals surface area contributed by atoms with Crippen LogP contribution in [0.25, 0.3) is 0 Å². The van der Waals surface area contributed by atoms with Gasteiger partial charge in [0.25, 0.3) is 5.91 Å². The Morgan fingerprint density at radius 2 is 2.00 bits per heavy atom. The van der Waals surface area contributed by atoms with Crippen LogP contribution in [0.15, 0.2) is 33.7 Å². The Labute approximate surface area is 150 Å². The molecule has 0 bridgehead atoms. The number of fused-ring (bicyclic) bond motifs is 1. The molecule has 0 aromatic rings. The van der Waals surface area contributed by atoms with Crippen molar-refractivity contribution in [1.29, 1.82) is 0 Å². The molecule has 0 radical (unpaired) electrons. The Balaban J connectivity index is 1.43. The summed E-state index contributed by atoms with van der Waals surface area (Å²) in [5, 5.41) is 3.90. The van der Waals surface area contributed by atoms with Crippen molar-refractivity contribution in [3.63, 3.8) is 0 Å². The van der Waals surface area contributed by atoms with Crippen LogP contribution in [-0.4, -0.2) is 48.2 Å². The molecule has 2 aliphatic heterocycles. The second-order valence-corrected chi connectivity index (χ2v) is 8.22. The highest BCUT2D eigenvalue weighted by Gasteiger charge is 2.35. The van der Waals surface area contributed by atoms with Crippen molar-refractivity contribution in [2.75, 3.05) is 25.4 Å². The third kappa shape index (κ3) is 4.20. The highest BCUT2D eigenvalue weighted by atomic mass is 32.2. The number of amidine groups is 1. The first-order valence-corrected chi connectivity index (χ1v) is 9.98. The molecule has 134 valence electrons. The topological polar surface area (TPSA) is 63.0 Å². The number of hydrogen-bond acceptors (Lipinski definition) is 5. The van der Waals surface area contributed by atoms with Gasteiger partial charge in [-0.2, -0.15) is 16.8 Å². The average Bonchev–Trinajstić information content (AvgIpc) is 3.43. The smallest absolute Gasteiger partial charge is 0.263 e. The lowest BCUT2D eigenvalue weighted by molar-refractivity contribution is -0.119. The summed E-state index contributed by atoms with van der Waals surface area (Å²) in [5.74, 6) is 0.156. The zero-order valence-corrected chi connectivity index (χ0v) is 14.9. The van der Waals surface area contributed by atoms with Gasteiger partial charge in [-0.15, -0.1) is 0 Å². The number of aliphatic imine (C=N–C) groups is 2. The maximum atomic E-state index is 14.3. The zero-order valence-electron chi connectivity index (χ0n) is 14.0. The molecule has 0 spiro atoms. The number of thioether (sulfide) groups is 1. The van der Waals surface area contributed by atoms with Crippen LogP contribution in [-0.2, 0) is 9.53 Å². The monoisotopic (exact) mass is 363 g/mol. The lowest BCUT2D eigenvalue weighted by atomic mass is 9.94. The van der Waals surface area contributed by atoms with E-state index >= 15 is 0 Å². The predicted molar refractivity (Wildman–Crippen MR) is 97.7 cm³/mol. The van der Waals surface area contributed by atoms with Gasteiger partial charge in [0.2, 0.25) is 0 Å². The van der Waals surface area contributed by atoms with Gasteiger partial charge < -0.3 is 10.1 Å². The highest BCUT2D eigenvalue weighted by molar-refractivity contribution is 8.00. The van der Waals surface area contributed by atoms with E-state index in [1.807, 2.05) is 0 Å². The minimum atomic E-state index is -0.985. The van der Waals surface area contributed by atoms with E-state index in [-0.39, 0.29) is 0 Å². The molecule has 1 saturated heterocycles. The molecule has 2 heterocycles. The number of carbonyl (C=O) groups excluding carboxylic acids is 1.